The van der Waals surface area contributed by atoms with E-state index in [1.807, 2.05) is 19.1 Å². The highest BCUT2D eigenvalue weighted by Gasteiger charge is 2.20. The highest BCUT2D eigenvalue weighted by atomic mass is 32.2. The molecule has 1 fully saturated rings. The van der Waals surface area contributed by atoms with Crippen molar-refractivity contribution < 1.29 is 12.8 Å². The average molecular weight is 436 g/mol. The largest absolute Gasteiger partial charge is 0.368 e. The molecule has 2 heterocycles. The summed E-state index contributed by atoms with van der Waals surface area (Å²) in [7, 11) is -1.90. The summed E-state index contributed by atoms with van der Waals surface area (Å²) in [6.45, 7) is 5.97. The van der Waals surface area contributed by atoms with Crippen LogP contribution in [0.2, 0.25) is 0 Å². The Morgan fingerprint density at radius 1 is 1.10 bits per heavy atom. The molecule has 0 unspecified atom stereocenters. The summed E-state index contributed by atoms with van der Waals surface area (Å²) in [6.07, 6.45) is 3.49. The van der Waals surface area contributed by atoms with Crippen molar-refractivity contribution in [2.45, 2.75) is 26.3 Å². The lowest BCUT2D eigenvalue weighted by Crippen LogP contribution is -2.46. The average Bonchev–Trinajstić information content (AvgIpc) is 2.77. The number of nitrogens with zero attached hydrogens (tertiary/aromatic N) is 4. The van der Waals surface area contributed by atoms with Crippen molar-refractivity contribution in [2.24, 2.45) is 0 Å². The van der Waals surface area contributed by atoms with Crippen LogP contribution in [0, 0.1) is 5.82 Å². The van der Waals surface area contributed by atoms with E-state index in [0.717, 1.165) is 56.1 Å². The fourth-order valence-electron chi connectivity index (χ4n) is 3.37. The number of pyridine rings is 1. The predicted molar refractivity (Wildman–Crippen MR) is 118 cm³/mol. The summed E-state index contributed by atoms with van der Waals surface area (Å²) >= 11 is 0. The zero-order valence-corrected chi connectivity index (χ0v) is 18.4. The van der Waals surface area contributed by atoms with Gasteiger partial charge in [-0.1, -0.05) is 13.3 Å². The first-order valence-corrected chi connectivity index (χ1v) is 11.7. The van der Waals surface area contributed by atoms with Crippen molar-refractivity contribution in [3.8, 4) is 0 Å². The van der Waals surface area contributed by atoms with Gasteiger partial charge in [-0.3, -0.25) is 0 Å². The lowest BCUT2D eigenvalue weighted by molar-refractivity contribution is 0.448. The summed E-state index contributed by atoms with van der Waals surface area (Å²) in [6, 6.07) is 10.3. The van der Waals surface area contributed by atoms with Crippen LogP contribution in [0.15, 0.2) is 42.6 Å². The Balaban J connectivity index is 1.56. The molecule has 0 bridgehead atoms. The number of piperazine rings is 1. The normalized spacial score (nSPS) is 15.1. The second-order valence-electron chi connectivity index (χ2n) is 7.47. The molecule has 9 heteroatoms. The minimum Gasteiger partial charge on any atom is -0.368 e. The zero-order valence-electron chi connectivity index (χ0n) is 17.6. The Hall–Kier alpha value is -2.23. The first kappa shape index (κ1) is 22.5. The molecule has 1 aromatic heterocycles. The van der Waals surface area contributed by atoms with Gasteiger partial charge in [-0.05, 0) is 48.4 Å². The number of hydrogen-bond donors (Lipinski definition) is 1. The number of rotatable bonds is 9. The SMILES string of the molecule is CCCCN(C)S(=O)(=O)NCc1ccnc(N2CCN(c3ccc(F)cc3)CC2)c1. The molecular formula is C21H30FN5O2S. The first-order valence-electron chi connectivity index (χ1n) is 10.3. The molecule has 3 rings (SSSR count). The van der Waals surface area contributed by atoms with Gasteiger partial charge < -0.3 is 9.80 Å². The minimum absolute atomic E-state index is 0.226. The Morgan fingerprint density at radius 2 is 1.77 bits per heavy atom. The molecule has 0 atom stereocenters. The van der Waals surface area contributed by atoms with E-state index in [-0.39, 0.29) is 12.4 Å². The van der Waals surface area contributed by atoms with Gasteiger partial charge in [-0.25, -0.2) is 9.37 Å². The van der Waals surface area contributed by atoms with Crippen LogP contribution in [-0.4, -0.2) is 57.5 Å². The second-order valence-corrected chi connectivity index (χ2v) is 9.34. The van der Waals surface area contributed by atoms with Gasteiger partial charge in [0.1, 0.15) is 11.6 Å². The molecule has 0 spiro atoms. The molecule has 30 heavy (non-hydrogen) atoms. The van der Waals surface area contributed by atoms with E-state index in [0.29, 0.717) is 6.54 Å². The molecule has 1 aromatic carbocycles. The molecule has 0 amide bonds. The van der Waals surface area contributed by atoms with Crippen LogP contribution in [0.5, 0.6) is 0 Å². The smallest absolute Gasteiger partial charge is 0.279 e. The van der Waals surface area contributed by atoms with Gasteiger partial charge in [0.2, 0.25) is 0 Å². The molecule has 1 saturated heterocycles. The number of nitrogens with one attached hydrogen (secondary N) is 1. The fourth-order valence-corrected chi connectivity index (χ4v) is 4.31. The quantitative estimate of drug-likeness (QED) is 0.656. The Morgan fingerprint density at radius 3 is 2.43 bits per heavy atom. The second kappa shape index (κ2) is 10.2. The van der Waals surface area contributed by atoms with Crippen molar-refractivity contribution in [3.63, 3.8) is 0 Å². The number of unbranched alkanes of at least 4 members (excludes halogenated alkanes) is 1. The van der Waals surface area contributed by atoms with E-state index in [4.69, 9.17) is 0 Å². The lowest BCUT2D eigenvalue weighted by Gasteiger charge is -2.36. The van der Waals surface area contributed by atoms with Crippen LogP contribution < -0.4 is 14.5 Å². The van der Waals surface area contributed by atoms with Gasteiger partial charge in [0.25, 0.3) is 10.2 Å². The third kappa shape index (κ3) is 5.90. The minimum atomic E-state index is -3.49. The van der Waals surface area contributed by atoms with Crippen LogP contribution in [-0.2, 0) is 16.8 Å². The van der Waals surface area contributed by atoms with Crippen LogP contribution in [0.1, 0.15) is 25.3 Å². The van der Waals surface area contributed by atoms with Gasteiger partial charge in [0.05, 0.1) is 0 Å². The molecule has 0 aliphatic carbocycles. The van der Waals surface area contributed by atoms with Crippen molar-refractivity contribution in [1.29, 1.82) is 0 Å². The molecule has 1 aliphatic heterocycles. The fraction of sp³-hybridized carbons (Fsp3) is 0.476. The van der Waals surface area contributed by atoms with Crippen molar-refractivity contribution in [3.05, 3.63) is 54.0 Å². The van der Waals surface area contributed by atoms with Crippen LogP contribution >= 0.6 is 0 Å². The summed E-state index contributed by atoms with van der Waals surface area (Å²) < 4.78 is 41.8. The summed E-state index contributed by atoms with van der Waals surface area (Å²) in [5, 5.41) is 0. The summed E-state index contributed by atoms with van der Waals surface area (Å²) in [5.74, 6) is 0.607. The predicted octanol–water partition coefficient (Wildman–Crippen LogP) is 2.61. The Bertz CT molecular complexity index is 915. The van der Waals surface area contributed by atoms with Crippen molar-refractivity contribution in [1.82, 2.24) is 14.0 Å². The highest BCUT2D eigenvalue weighted by Crippen LogP contribution is 2.20. The monoisotopic (exact) mass is 435 g/mol. The maximum atomic E-state index is 13.1. The van der Waals surface area contributed by atoms with Gasteiger partial charge >= 0.3 is 0 Å². The van der Waals surface area contributed by atoms with Crippen molar-refractivity contribution >= 4 is 21.7 Å². The zero-order chi connectivity index (χ0) is 21.6. The van der Waals surface area contributed by atoms with Crippen LogP contribution in [0.25, 0.3) is 0 Å². The first-order chi connectivity index (χ1) is 14.4. The molecule has 1 aliphatic rings. The molecule has 7 nitrogen and oxygen atoms in total. The van der Waals surface area contributed by atoms with Gasteiger partial charge in [0.15, 0.2) is 0 Å². The van der Waals surface area contributed by atoms with E-state index in [9.17, 15) is 12.8 Å². The number of halogens is 1. The molecule has 2 aromatic rings. The standard InChI is InChI=1S/C21H30FN5O2S/c1-3-4-11-25(2)30(28,29)24-17-18-9-10-23-21(16-18)27-14-12-26(13-15-27)20-7-5-19(22)6-8-20/h5-10,16,24H,3-4,11-15,17H2,1-2H3. The molecule has 1 N–H and O–H groups in total. The van der Waals surface area contributed by atoms with E-state index in [1.165, 1.54) is 16.4 Å². The molecule has 164 valence electrons. The number of benzene rings is 1. The van der Waals surface area contributed by atoms with Gasteiger partial charge in [-0.2, -0.15) is 17.4 Å². The highest BCUT2D eigenvalue weighted by molar-refractivity contribution is 7.87. The molecule has 0 radical (unpaired) electrons. The third-order valence-electron chi connectivity index (χ3n) is 5.30. The van der Waals surface area contributed by atoms with E-state index in [2.05, 4.69) is 19.5 Å². The number of hydrogen-bond acceptors (Lipinski definition) is 5. The Kier molecular flexibility index (Phi) is 7.63. The lowest BCUT2D eigenvalue weighted by atomic mass is 10.2. The van der Waals surface area contributed by atoms with E-state index < -0.39 is 10.2 Å². The topological polar surface area (TPSA) is 68.8 Å². The maximum absolute atomic E-state index is 13.1. The van der Waals surface area contributed by atoms with Crippen LogP contribution in [0.3, 0.4) is 0 Å². The molecule has 0 saturated carbocycles. The summed E-state index contributed by atoms with van der Waals surface area (Å²) in [5.41, 5.74) is 1.88. The third-order valence-corrected chi connectivity index (χ3v) is 6.81. The van der Waals surface area contributed by atoms with Crippen molar-refractivity contribution in [2.75, 3.05) is 49.6 Å². The van der Waals surface area contributed by atoms with Crippen LogP contribution in [0.4, 0.5) is 15.9 Å². The summed E-state index contributed by atoms with van der Waals surface area (Å²) in [4.78, 5) is 8.87. The Labute approximate surface area is 178 Å². The maximum Gasteiger partial charge on any atom is 0.279 e. The number of aromatic nitrogens is 1. The van der Waals surface area contributed by atoms with E-state index >= 15 is 0 Å². The van der Waals surface area contributed by atoms with Gasteiger partial charge in [0, 0.05) is 58.2 Å². The molecular weight excluding hydrogens is 405 g/mol. The van der Waals surface area contributed by atoms with Gasteiger partial charge in [-0.15, -0.1) is 0 Å². The van der Waals surface area contributed by atoms with E-state index in [1.54, 1.807) is 25.4 Å². The number of anilines is 2.